The molecule has 0 aromatic heterocycles. The second kappa shape index (κ2) is 7.98. The van der Waals surface area contributed by atoms with Crippen LogP contribution in [-0.4, -0.2) is 63.0 Å². The average molecular weight is 363 g/mol. The van der Waals surface area contributed by atoms with E-state index in [2.05, 4.69) is 4.74 Å². The first-order valence-electron chi connectivity index (χ1n) is 7.57. The van der Waals surface area contributed by atoms with Crippen molar-refractivity contribution in [1.29, 1.82) is 0 Å². The number of ether oxygens (including phenoxy) is 2. The molecule has 1 amide bonds. The van der Waals surface area contributed by atoms with Gasteiger partial charge in [-0.1, -0.05) is 0 Å². The van der Waals surface area contributed by atoms with Crippen LogP contribution in [0.5, 0.6) is 0 Å². The van der Waals surface area contributed by atoms with Crippen LogP contribution in [0.15, 0.2) is 12.2 Å². The van der Waals surface area contributed by atoms with Gasteiger partial charge in [-0.05, 0) is 39.7 Å². The van der Waals surface area contributed by atoms with Crippen molar-refractivity contribution in [2.75, 3.05) is 19.9 Å². The van der Waals surface area contributed by atoms with E-state index >= 15 is 0 Å². The molecule has 24 heavy (non-hydrogen) atoms. The molecule has 0 bridgehead atoms. The first kappa shape index (κ1) is 20.4. The summed E-state index contributed by atoms with van der Waals surface area (Å²) in [5.74, 6) is -0.640. The number of likely N-dealkylation sites (tertiary alicyclic amines) is 1. The zero-order valence-electron chi connectivity index (χ0n) is 14.6. The Bertz CT molecular complexity index is 591. The molecule has 1 aliphatic heterocycles. The maximum Gasteiger partial charge on any atom is 0.410 e. The van der Waals surface area contributed by atoms with E-state index in [0.29, 0.717) is 19.4 Å². The van der Waals surface area contributed by atoms with Crippen LogP contribution in [0.3, 0.4) is 0 Å². The van der Waals surface area contributed by atoms with Gasteiger partial charge in [0.15, 0.2) is 0 Å². The molecule has 0 unspecified atom stereocenters. The first-order valence-corrected chi connectivity index (χ1v) is 9.38. The Morgan fingerprint density at radius 3 is 2.42 bits per heavy atom. The van der Waals surface area contributed by atoms with Gasteiger partial charge in [0.1, 0.15) is 11.7 Å². The smallest absolute Gasteiger partial charge is 0.410 e. The topological polar surface area (TPSA) is 99.2 Å². The standard InChI is InChI=1S/C15H25NO7S/c1-15(2,3)22-14(18)16-10-6-7-11(16)12(23-24(5,19)20)8-9-13(17)21-4/h8-9,11-12H,6-7,10H2,1-5H3/b9-8+/t11-,12+/m0/s1. The number of hydrogen-bond acceptors (Lipinski definition) is 7. The molecule has 0 spiro atoms. The summed E-state index contributed by atoms with van der Waals surface area (Å²) in [7, 11) is -2.57. The highest BCUT2D eigenvalue weighted by molar-refractivity contribution is 7.86. The molecule has 1 aliphatic rings. The van der Waals surface area contributed by atoms with Crippen molar-refractivity contribution in [3.8, 4) is 0 Å². The van der Waals surface area contributed by atoms with Gasteiger partial charge in [0.25, 0.3) is 10.1 Å². The molecular formula is C15H25NO7S. The third kappa shape index (κ3) is 6.88. The van der Waals surface area contributed by atoms with Gasteiger partial charge >= 0.3 is 12.1 Å². The molecule has 0 aromatic carbocycles. The fourth-order valence-corrected chi connectivity index (χ4v) is 2.95. The van der Waals surface area contributed by atoms with Crippen LogP contribution in [0.25, 0.3) is 0 Å². The summed E-state index contributed by atoms with van der Waals surface area (Å²) in [5, 5.41) is 0. The number of rotatable bonds is 5. The highest BCUT2D eigenvalue weighted by atomic mass is 32.2. The van der Waals surface area contributed by atoms with Gasteiger partial charge in [0.05, 0.1) is 19.4 Å². The zero-order chi connectivity index (χ0) is 18.5. The number of amides is 1. The lowest BCUT2D eigenvalue weighted by Crippen LogP contribution is -2.45. The van der Waals surface area contributed by atoms with Crippen molar-refractivity contribution in [2.24, 2.45) is 0 Å². The quantitative estimate of drug-likeness (QED) is 0.414. The van der Waals surface area contributed by atoms with Crippen LogP contribution in [0.2, 0.25) is 0 Å². The van der Waals surface area contributed by atoms with Gasteiger partial charge in [0.2, 0.25) is 0 Å². The van der Waals surface area contributed by atoms with Gasteiger partial charge in [-0.25, -0.2) is 9.59 Å². The molecule has 1 fully saturated rings. The van der Waals surface area contributed by atoms with E-state index in [0.717, 1.165) is 12.3 Å². The van der Waals surface area contributed by atoms with E-state index < -0.39 is 39.9 Å². The molecule has 0 aromatic rings. The highest BCUT2D eigenvalue weighted by Gasteiger charge is 2.38. The highest BCUT2D eigenvalue weighted by Crippen LogP contribution is 2.26. The number of esters is 1. The van der Waals surface area contributed by atoms with E-state index in [1.807, 2.05) is 0 Å². The second-order valence-corrected chi connectivity index (χ2v) is 8.13. The van der Waals surface area contributed by atoms with E-state index in [9.17, 15) is 18.0 Å². The van der Waals surface area contributed by atoms with Crippen molar-refractivity contribution in [2.45, 2.75) is 51.4 Å². The largest absolute Gasteiger partial charge is 0.466 e. The molecule has 9 heteroatoms. The maximum atomic E-state index is 12.3. The van der Waals surface area contributed by atoms with Crippen molar-refractivity contribution in [3.63, 3.8) is 0 Å². The summed E-state index contributed by atoms with van der Waals surface area (Å²) in [4.78, 5) is 25.0. The minimum atomic E-state index is -3.78. The average Bonchev–Trinajstić information content (AvgIpc) is 2.89. The summed E-state index contributed by atoms with van der Waals surface area (Å²) >= 11 is 0. The molecule has 0 aliphatic carbocycles. The van der Waals surface area contributed by atoms with Gasteiger partial charge in [-0.3, -0.25) is 4.18 Å². The Balaban J connectivity index is 2.99. The normalized spacial score (nSPS) is 20.2. The fourth-order valence-electron chi connectivity index (χ4n) is 2.35. The molecule has 1 heterocycles. The third-order valence-corrected chi connectivity index (χ3v) is 3.79. The number of carbonyl (C=O) groups is 2. The molecule has 1 saturated heterocycles. The SMILES string of the molecule is COC(=O)/C=C/[C@@H](OS(C)(=O)=O)[C@@H]1CCCN1C(=O)OC(C)(C)C. The number of nitrogens with zero attached hydrogens (tertiary/aromatic N) is 1. The number of carbonyl (C=O) groups excluding carboxylic acids is 2. The lowest BCUT2D eigenvalue weighted by molar-refractivity contribution is -0.134. The molecule has 1 rings (SSSR count). The molecule has 2 atom stereocenters. The Morgan fingerprint density at radius 1 is 1.29 bits per heavy atom. The second-order valence-electron chi connectivity index (χ2n) is 6.53. The van der Waals surface area contributed by atoms with Crippen molar-refractivity contribution < 1.29 is 31.7 Å². The Morgan fingerprint density at radius 2 is 1.92 bits per heavy atom. The van der Waals surface area contributed by atoms with Crippen LogP contribution >= 0.6 is 0 Å². The minimum absolute atomic E-state index is 0.426. The Hall–Kier alpha value is -1.61. The molecule has 8 nitrogen and oxygen atoms in total. The number of methoxy groups -OCH3 is 1. The summed E-state index contributed by atoms with van der Waals surface area (Å²) in [6, 6.07) is -0.546. The summed E-state index contributed by atoms with van der Waals surface area (Å²) in [6.45, 7) is 5.67. The summed E-state index contributed by atoms with van der Waals surface area (Å²) in [6.07, 6.45) is 2.97. The van der Waals surface area contributed by atoms with Crippen LogP contribution in [0.4, 0.5) is 4.79 Å². The minimum Gasteiger partial charge on any atom is -0.466 e. The lowest BCUT2D eigenvalue weighted by atomic mass is 10.1. The Kier molecular flexibility index (Phi) is 6.79. The predicted molar refractivity (Wildman–Crippen MR) is 86.8 cm³/mol. The Labute approximate surface area is 142 Å². The van der Waals surface area contributed by atoms with Gasteiger partial charge in [0, 0.05) is 12.6 Å². The predicted octanol–water partition coefficient (Wildman–Crippen LogP) is 1.46. The van der Waals surface area contributed by atoms with Crippen LogP contribution in [0, 0.1) is 0 Å². The van der Waals surface area contributed by atoms with Gasteiger partial charge in [-0.2, -0.15) is 8.42 Å². The summed E-state index contributed by atoms with van der Waals surface area (Å²) < 4.78 is 37.9. The fraction of sp³-hybridized carbons (Fsp3) is 0.733. The van der Waals surface area contributed by atoms with Gasteiger partial charge in [-0.15, -0.1) is 0 Å². The summed E-state index contributed by atoms with van der Waals surface area (Å²) in [5.41, 5.74) is -0.667. The third-order valence-electron chi connectivity index (χ3n) is 3.22. The molecule has 0 radical (unpaired) electrons. The molecule has 0 saturated carbocycles. The van der Waals surface area contributed by atoms with E-state index in [4.69, 9.17) is 8.92 Å². The maximum absolute atomic E-state index is 12.3. The van der Waals surface area contributed by atoms with E-state index in [-0.39, 0.29) is 0 Å². The van der Waals surface area contributed by atoms with Crippen LogP contribution < -0.4 is 0 Å². The first-order chi connectivity index (χ1) is 10.9. The van der Waals surface area contributed by atoms with E-state index in [1.54, 1.807) is 20.8 Å². The number of hydrogen-bond donors (Lipinski definition) is 0. The lowest BCUT2D eigenvalue weighted by Gasteiger charge is -2.31. The zero-order valence-corrected chi connectivity index (χ0v) is 15.5. The molecular weight excluding hydrogens is 338 g/mol. The monoisotopic (exact) mass is 363 g/mol. The van der Waals surface area contributed by atoms with Crippen LogP contribution in [0.1, 0.15) is 33.6 Å². The van der Waals surface area contributed by atoms with Crippen molar-refractivity contribution >= 4 is 22.2 Å². The van der Waals surface area contributed by atoms with Gasteiger partial charge < -0.3 is 14.4 Å². The van der Waals surface area contributed by atoms with Crippen molar-refractivity contribution in [1.82, 2.24) is 4.90 Å². The van der Waals surface area contributed by atoms with Crippen molar-refractivity contribution in [3.05, 3.63) is 12.2 Å². The molecule has 138 valence electrons. The van der Waals surface area contributed by atoms with E-state index in [1.165, 1.54) is 18.1 Å². The van der Waals surface area contributed by atoms with Crippen LogP contribution in [-0.2, 0) is 28.6 Å². The molecule has 0 N–H and O–H groups in total.